The van der Waals surface area contributed by atoms with Crippen LogP contribution in [0.3, 0.4) is 0 Å². The summed E-state index contributed by atoms with van der Waals surface area (Å²) in [6.07, 6.45) is 4.51. The fourth-order valence-electron chi connectivity index (χ4n) is 0.642. The summed E-state index contributed by atoms with van der Waals surface area (Å²) in [6.45, 7) is 9.58. The Bertz CT molecular complexity index is 193. The van der Waals surface area contributed by atoms with E-state index in [-0.39, 0.29) is 0 Å². The lowest BCUT2D eigenvalue weighted by Crippen LogP contribution is -1.79. The zero-order chi connectivity index (χ0) is 8.85. The minimum absolute atomic E-state index is 0.327. The van der Waals surface area contributed by atoms with Gasteiger partial charge in [-0.15, -0.1) is 0 Å². The van der Waals surface area contributed by atoms with E-state index in [2.05, 4.69) is 13.5 Å². The molecule has 0 spiro atoms. The Labute approximate surface area is 68.7 Å². The van der Waals surface area contributed by atoms with Crippen molar-refractivity contribution in [2.45, 2.75) is 27.2 Å². The van der Waals surface area contributed by atoms with Crippen LogP contribution < -0.4 is 0 Å². The first-order valence-electron chi connectivity index (χ1n) is 3.80. The molecule has 0 aliphatic heterocycles. The lowest BCUT2D eigenvalue weighted by molar-refractivity contribution is 0.414. The maximum atomic E-state index is 8.84. The van der Waals surface area contributed by atoms with Crippen LogP contribution >= 0.6 is 0 Å². The fourth-order valence-corrected chi connectivity index (χ4v) is 0.642. The molecule has 0 radical (unpaired) electrons. The van der Waals surface area contributed by atoms with Crippen LogP contribution in [0.4, 0.5) is 0 Å². The molecule has 0 saturated heterocycles. The van der Waals surface area contributed by atoms with Crippen molar-refractivity contribution >= 4 is 0 Å². The second-order valence-electron chi connectivity index (χ2n) is 2.61. The van der Waals surface area contributed by atoms with Crippen LogP contribution in [-0.2, 0) is 0 Å². The lowest BCUT2D eigenvalue weighted by Gasteiger charge is -1.99. The van der Waals surface area contributed by atoms with Crippen LogP contribution in [0.1, 0.15) is 27.2 Å². The van der Waals surface area contributed by atoms with Gasteiger partial charge < -0.3 is 5.11 Å². The Hall–Kier alpha value is -0.980. The molecule has 0 rings (SSSR count). The summed E-state index contributed by atoms with van der Waals surface area (Å²) in [6, 6.07) is 0. The standard InChI is InChI=1S/C10H16O/c1-5-8(2)9(3)6-7-10(4)11/h6-7,11H,2,5H2,1,3-4H3/b9-6-,10-7+. The molecule has 0 fully saturated rings. The zero-order valence-corrected chi connectivity index (χ0v) is 7.52. The Morgan fingerprint density at radius 2 is 1.91 bits per heavy atom. The van der Waals surface area contributed by atoms with Gasteiger partial charge in [-0.25, -0.2) is 0 Å². The first-order chi connectivity index (χ1) is 5.07. The van der Waals surface area contributed by atoms with Gasteiger partial charge in [0, 0.05) is 0 Å². The molecule has 0 amide bonds. The minimum Gasteiger partial charge on any atom is -0.513 e. The minimum atomic E-state index is 0.327. The van der Waals surface area contributed by atoms with E-state index in [1.165, 1.54) is 0 Å². The van der Waals surface area contributed by atoms with E-state index in [0.717, 1.165) is 17.6 Å². The number of hydrogen-bond donors (Lipinski definition) is 1. The molecule has 11 heavy (non-hydrogen) atoms. The average molecular weight is 152 g/mol. The molecule has 0 unspecified atom stereocenters. The van der Waals surface area contributed by atoms with Crippen molar-refractivity contribution in [1.82, 2.24) is 0 Å². The number of hydrogen-bond acceptors (Lipinski definition) is 1. The maximum absolute atomic E-state index is 8.84. The SMILES string of the molecule is C=C(CC)/C(C)=C\C=C(/C)O. The normalized spacial score (nSPS) is 13.4. The van der Waals surface area contributed by atoms with Crippen LogP contribution in [0.25, 0.3) is 0 Å². The molecule has 0 saturated carbocycles. The second-order valence-corrected chi connectivity index (χ2v) is 2.61. The van der Waals surface area contributed by atoms with Gasteiger partial charge in [0.2, 0.25) is 0 Å². The monoisotopic (exact) mass is 152 g/mol. The van der Waals surface area contributed by atoms with Gasteiger partial charge in [0.05, 0.1) is 5.76 Å². The van der Waals surface area contributed by atoms with Crippen molar-refractivity contribution in [3.05, 3.63) is 35.6 Å². The highest BCUT2D eigenvalue weighted by molar-refractivity contribution is 5.29. The fraction of sp³-hybridized carbons (Fsp3) is 0.400. The van der Waals surface area contributed by atoms with E-state index in [9.17, 15) is 0 Å². The first-order valence-corrected chi connectivity index (χ1v) is 3.80. The summed E-state index contributed by atoms with van der Waals surface area (Å²) in [5, 5.41) is 8.84. The smallest absolute Gasteiger partial charge is 0.0891 e. The quantitative estimate of drug-likeness (QED) is 0.485. The summed E-state index contributed by atoms with van der Waals surface area (Å²) < 4.78 is 0. The van der Waals surface area contributed by atoms with E-state index < -0.39 is 0 Å². The number of aliphatic hydroxyl groups is 1. The van der Waals surface area contributed by atoms with Crippen LogP contribution in [-0.4, -0.2) is 5.11 Å². The topological polar surface area (TPSA) is 20.2 Å². The summed E-state index contributed by atoms with van der Waals surface area (Å²) in [7, 11) is 0. The highest BCUT2D eigenvalue weighted by Gasteiger charge is 1.90. The zero-order valence-electron chi connectivity index (χ0n) is 7.52. The third-order valence-corrected chi connectivity index (χ3v) is 1.56. The van der Waals surface area contributed by atoms with Gasteiger partial charge in [0.25, 0.3) is 0 Å². The van der Waals surface area contributed by atoms with Crippen molar-refractivity contribution in [1.29, 1.82) is 0 Å². The van der Waals surface area contributed by atoms with Gasteiger partial charge >= 0.3 is 0 Å². The van der Waals surface area contributed by atoms with Crippen LogP contribution in [0.15, 0.2) is 35.6 Å². The predicted molar refractivity (Wildman–Crippen MR) is 49.6 cm³/mol. The van der Waals surface area contributed by atoms with E-state index in [1.807, 2.05) is 13.0 Å². The molecular weight excluding hydrogens is 136 g/mol. The van der Waals surface area contributed by atoms with Gasteiger partial charge in [0.1, 0.15) is 0 Å². The molecule has 0 aromatic carbocycles. The van der Waals surface area contributed by atoms with E-state index in [4.69, 9.17) is 5.11 Å². The van der Waals surface area contributed by atoms with Gasteiger partial charge in [-0.2, -0.15) is 0 Å². The molecule has 62 valence electrons. The summed E-state index contributed by atoms with van der Waals surface area (Å²) in [5.74, 6) is 0.327. The molecule has 0 aliphatic rings. The van der Waals surface area contributed by atoms with Crippen LogP contribution in [0.5, 0.6) is 0 Å². The largest absolute Gasteiger partial charge is 0.513 e. The van der Waals surface area contributed by atoms with Crippen molar-refractivity contribution in [3.63, 3.8) is 0 Å². The number of rotatable bonds is 3. The van der Waals surface area contributed by atoms with Crippen molar-refractivity contribution in [2.75, 3.05) is 0 Å². The Morgan fingerprint density at radius 3 is 2.27 bits per heavy atom. The van der Waals surface area contributed by atoms with Gasteiger partial charge in [-0.3, -0.25) is 0 Å². The predicted octanol–water partition coefficient (Wildman–Crippen LogP) is 3.36. The number of allylic oxidation sites excluding steroid dienone is 5. The van der Waals surface area contributed by atoms with Gasteiger partial charge in [-0.1, -0.05) is 25.2 Å². The molecular formula is C10H16O. The molecule has 0 bridgehead atoms. The Kier molecular flexibility index (Phi) is 4.35. The van der Waals surface area contributed by atoms with Crippen molar-refractivity contribution in [2.24, 2.45) is 0 Å². The van der Waals surface area contributed by atoms with E-state index in [0.29, 0.717) is 5.76 Å². The highest BCUT2D eigenvalue weighted by atomic mass is 16.3. The molecule has 0 aromatic heterocycles. The molecule has 1 N–H and O–H groups in total. The molecule has 1 nitrogen and oxygen atoms in total. The third kappa shape index (κ3) is 4.43. The molecule has 0 atom stereocenters. The van der Waals surface area contributed by atoms with Crippen LogP contribution in [0.2, 0.25) is 0 Å². The van der Waals surface area contributed by atoms with Gasteiger partial charge in [-0.05, 0) is 31.9 Å². The lowest BCUT2D eigenvalue weighted by atomic mass is 10.1. The highest BCUT2D eigenvalue weighted by Crippen LogP contribution is 2.10. The summed E-state index contributed by atoms with van der Waals surface area (Å²) >= 11 is 0. The maximum Gasteiger partial charge on any atom is 0.0891 e. The van der Waals surface area contributed by atoms with E-state index >= 15 is 0 Å². The number of aliphatic hydroxyl groups excluding tert-OH is 1. The van der Waals surface area contributed by atoms with Crippen LogP contribution in [0, 0.1) is 0 Å². The Balaban J connectivity index is 4.23. The Morgan fingerprint density at radius 1 is 1.36 bits per heavy atom. The van der Waals surface area contributed by atoms with Crippen molar-refractivity contribution < 1.29 is 5.11 Å². The van der Waals surface area contributed by atoms with Gasteiger partial charge in [0.15, 0.2) is 0 Å². The third-order valence-electron chi connectivity index (χ3n) is 1.56. The molecule has 0 aromatic rings. The first kappa shape index (κ1) is 10.0. The summed E-state index contributed by atoms with van der Waals surface area (Å²) in [4.78, 5) is 0. The second kappa shape index (κ2) is 4.78. The molecule has 0 heterocycles. The van der Waals surface area contributed by atoms with Crippen molar-refractivity contribution in [3.8, 4) is 0 Å². The summed E-state index contributed by atoms with van der Waals surface area (Å²) in [5.41, 5.74) is 2.24. The molecule has 0 aliphatic carbocycles. The van der Waals surface area contributed by atoms with E-state index in [1.54, 1.807) is 13.0 Å². The molecule has 1 heteroatoms. The average Bonchev–Trinajstić information content (AvgIpc) is 1.98.